The molecule has 1 saturated carbocycles. The van der Waals surface area contributed by atoms with Gasteiger partial charge in [-0.3, -0.25) is 0 Å². The molecule has 0 N–H and O–H groups in total. The fraction of sp³-hybridized carbons (Fsp3) is 0.765. The van der Waals surface area contributed by atoms with Crippen LogP contribution in [0.25, 0.3) is 0 Å². The summed E-state index contributed by atoms with van der Waals surface area (Å²) in [5, 5.41) is 12.4. The second kappa shape index (κ2) is 7.21. The van der Waals surface area contributed by atoms with Crippen LogP contribution in [0.1, 0.15) is 68.1 Å². The van der Waals surface area contributed by atoms with Crippen LogP contribution in [0.4, 0.5) is 0 Å². The Balaban J connectivity index is 1.34. The highest BCUT2D eigenvalue weighted by atomic mass is 16.5. The highest BCUT2D eigenvalue weighted by Gasteiger charge is 2.28. The maximum absolute atomic E-state index is 5.90. The Kier molecular flexibility index (Phi) is 4.80. The van der Waals surface area contributed by atoms with Gasteiger partial charge in [0.05, 0.1) is 6.10 Å². The molecule has 0 aromatic carbocycles. The smallest absolute Gasteiger partial charge is 0.246 e. The molecule has 0 spiro atoms. The summed E-state index contributed by atoms with van der Waals surface area (Å²) < 4.78 is 17.1. The van der Waals surface area contributed by atoms with E-state index < -0.39 is 0 Å². The second-order valence-electron chi connectivity index (χ2n) is 7.22. The molecule has 2 aromatic rings. The Morgan fingerprint density at radius 2 is 1.88 bits per heavy atom. The van der Waals surface area contributed by atoms with Crippen LogP contribution in [0.2, 0.25) is 0 Å². The predicted octanol–water partition coefficient (Wildman–Crippen LogP) is 2.29. The van der Waals surface area contributed by atoms with Crippen LogP contribution >= 0.6 is 0 Å². The number of likely N-dealkylation sites (N-methyl/N-ethyl adjacent to an activating group) is 1. The van der Waals surface area contributed by atoms with E-state index in [1.165, 1.54) is 25.7 Å². The van der Waals surface area contributed by atoms with Gasteiger partial charge in [-0.15, -0.1) is 10.2 Å². The Hall–Kier alpha value is -1.80. The lowest BCUT2D eigenvalue weighted by Gasteiger charge is -2.32. The topological polar surface area (TPSA) is 90.3 Å². The first-order valence-electron chi connectivity index (χ1n) is 9.16. The number of rotatable bonds is 5. The Morgan fingerprint density at radius 1 is 1.08 bits per heavy atom. The van der Waals surface area contributed by atoms with Crippen molar-refractivity contribution in [2.75, 3.05) is 20.1 Å². The molecule has 4 rings (SSSR count). The van der Waals surface area contributed by atoms with Crippen molar-refractivity contribution < 1.29 is 13.7 Å². The van der Waals surface area contributed by atoms with Gasteiger partial charge in [-0.1, -0.05) is 18.0 Å². The van der Waals surface area contributed by atoms with E-state index in [0.29, 0.717) is 36.4 Å². The highest BCUT2D eigenvalue weighted by Crippen LogP contribution is 2.32. The summed E-state index contributed by atoms with van der Waals surface area (Å²) in [5.41, 5.74) is 0. The molecule has 136 valence electrons. The minimum Gasteiger partial charge on any atom is -0.422 e. The average Bonchev–Trinajstić information content (AvgIpc) is 3.32. The maximum Gasteiger partial charge on any atom is 0.246 e. The lowest BCUT2D eigenvalue weighted by Crippen LogP contribution is -2.40. The number of hydrogen-bond donors (Lipinski definition) is 0. The van der Waals surface area contributed by atoms with Gasteiger partial charge in [-0.05, 0) is 26.8 Å². The lowest BCUT2D eigenvalue weighted by atomic mass is 10.1. The molecular weight excluding hydrogens is 322 g/mol. The Bertz CT molecular complexity index is 684. The van der Waals surface area contributed by atoms with Crippen molar-refractivity contribution in [1.82, 2.24) is 25.2 Å². The summed E-state index contributed by atoms with van der Waals surface area (Å²) in [5.74, 6) is 3.09. The van der Waals surface area contributed by atoms with Crippen molar-refractivity contribution in [2.45, 2.75) is 63.6 Å². The van der Waals surface area contributed by atoms with Gasteiger partial charge in [-0.2, -0.15) is 4.98 Å². The summed E-state index contributed by atoms with van der Waals surface area (Å²) in [6.45, 7) is 3.73. The van der Waals surface area contributed by atoms with E-state index in [9.17, 15) is 0 Å². The molecule has 1 aliphatic heterocycles. The third-order valence-corrected chi connectivity index (χ3v) is 4.96. The van der Waals surface area contributed by atoms with E-state index in [4.69, 9.17) is 13.7 Å². The molecule has 1 saturated heterocycles. The molecule has 0 unspecified atom stereocenters. The fourth-order valence-corrected chi connectivity index (χ4v) is 3.73. The quantitative estimate of drug-likeness (QED) is 0.814. The monoisotopic (exact) mass is 347 g/mol. The number of morpholine rings is 1. The zero-order valence-electron chi connectivity index (χ0n) is 14.8. The summed E-state index contributed by atoms with van der Waals surface area (Å²) in [7, 11) is 2.07. The molecule has 8 heteroatoms. The van der Waals surface area contributed by atoms with Gasteiger partial charge >= 0.3 is 0 Å². The molecule has 0 bridgehead atoms. The maximum atomic E-state index is 5.90. The summed E-state index contributed by atoms with van der Waals surface area (Å²) in [6, 6.07) is 0. The standard InChI is InChI=1S/C17H25N5O3/c1-11-9-22(2)10-13(23-11)17-20-19-15(24-17)8-7-14-18-16(21-25-14)12-5-3-4-6-12/h11-13H,3-10H2,1-2H3/t11-,13-/m1/s1. The van der Waals surface area contributed by atoms with Crippen molar-refractivity contribution in [3.05, 3.63) is 23.5 Å². The summed E-state index contributed by atoms with van der Waals surface area (Å²) >= 11 is 0. The van der Waals surface area contributed by atoms with E-state index in [0.717, 1.165) is 18.9 Å². The van der Waals surface area contributed by atoms with E-state index in [2.05, 4.69) is 39.2 Å². The minimum absolute atomic E-state index is 0.159. The van der Waals surface area contributed by atoms with Gasteiger partial charge in [0.15, 0.2) is 5.82 Å². The normalized spacial score (nSPS) is 25.7. The Labute approximate surface area is 146 Å². The molecule has 3 heterocycles. The number of hydrogen-bond acceptors (Lipinski definition) is 8. The van der Waals surface area contributed by atoms with Crippen LogP contribution in [0.3, 0.4) is 0 Å². The number of aromatic nitrogens is 4. The fourth-order valence-electron chi connectivity index (χ4n) is 3.73. The molecule has 25 heavy (non-hydrogen) atoms. The molecular formula is C17H25N5O3. The second-order valence-corrected chi connectivity index (χ2v) is 7.22. The van der Waals surface area contributed by atoms with Gasteiger partial charge in [0.2, 0.25) is 17.7 Å². The predicted molar refractivity (Wildman–Crippen MR) is 88.0 cm³/mol. The van der Waals surface area contributed by atoms with E-state index in [1.54, 1.807) is 0 Å². The van der Waals surface area contributed by atoms with E-state index in [1.807, 2.05) is 0 Å². The lowest BCUT2D eigenvalue weighted by molar-refractivity contribution is -0.0825. The van der Waals surface area contributed by atoms with Crippen molar-refractivity contribution in [1.29, 1.82) is 0 Å². The van der Waals surface area contributed by atoms with Gasteiger partial charge in [-0.25, -0.2) is 0 Å². The van der Waals surface area contributed by atoms with Crippen LogP contribution in [-0.2, 0) is 17.6 Å². The molecule has 1 aliphatic carbocycles. The van der Waals surface area contributed by atoms with E-state index >= 15 is 0 Å². The number of nitrogens with zero attached hydrogens (tertiary/aromatic N) is 5. The van der Waals surface area contributed by atoms with Crippen LogP contribution in [0.5, 0.6) is 0 Å². The van der Waals surface area contributed by atoms with Crippen LogP contribution in [-0.4, -0.2) is 51.5 Å². The first-order chi connectivity index (χ1) is 12.2. The molecule has 8 nitrogen and oxygen atoms in total. The molecule has 0 radical (unpaired) electrons. The van der Waals surface area contributed by atoms with Gasteiger partial charge in [0.1, 0.15) is 6.10 Å². The molecule has 2 aliphatic rings. The zero-order chi connectivity index (χ0) is 17.2. The molecule has 2 aromatic heterocycles. The van der Waals surface area contributed by atoms with Crippen LogP contribution < -0.4 is 0 Å². The Morgan fingerprint density at radius 3 is 2.68 bits per heavy atom. The molecule has 2 atom stereocenters. The van der Waals surface area contributed by atoms with Gasteiger partial charge < -0.3 is 18.6 Å². The van der Waals surface area contributed by atoms with Crippen molar-refractivity contribution in [3.63, 3.8) is 0 Å². The third-order valence-electron chi connectivity index (χ3n) is 4.96. The summed E-state index contributed by atoms with van der Waals surface area (Å²) in [6.07, 6.45) is 6.06. The average molecular weight is 347 g/mol. The van der Waals surface area contributed by atoms with Gasteiger partial charge in [0, 0.05) is 31.8 Å². The molecule has 0 amide bonds. The zero-order valence-corrected chi connectivity index (χ0v) is 14.8. The van der Waals surface area contributed by atoms with Crippen LogP contribution in [0.15, 0.2) is 8.94 Å². The summed E-state index contributed by atoms with van der Waals surface area (Å²) in [4.78, 5) is 6.74. The molecule has 2 fully saturated rings. The third kappa shape index (κ3) is 3.90. The highest BCUT2D eigenvalue weighted by molar-refractivity contribution is 4.99. The largest absolute Gasteiger partial charge is 0.422 e. The number of ether oxygens (including phenoxy) is 1. The first kappa shape index (κ1) is 16.7. The van der Waals surface area contributed by atoms with Gasteiger partial charge in [0.25, 0.3) is 0 Å². The SMILES string of the molecule is C[C@@H]1CN(C)C[C@H](c2nnc(CCc3nc(C4CCCC4)no3)o2)O1. The first-order valence-corrected chi connectivity index (χ1v) is 9.16. The van der Waals surface area contributed by atoms with Crippen molar-refractivity contribution >= 4 is 0 Å². The minimum atomic E-state index is -0.160. The number of aryl methyl sites for hydroxylation is 2. The van der Waals surface area contributed by atoms with E-state index in [-0.39, 0.29) is 12.2 Å². The van der Waals surface area contributed by atoms with Crippen LogP contribution in [0, 0.1) is 0 Å². The van der Waals surface area contributed by atoms with Crippen molar-refractivity contribution in [3.8, 4) is 0 Å². The van der Waals surface area contributed by atoms with Crippen molar-refractivity contribution in [2.24, 2.45) is 0 Å².